The van der Waals surface area contributed by atoms with Gasteiger partial charge in [0.05, 0.1) is 11.9 Å². The first kappa shape index (κ1) is 26.8. The van der Waals surface area contributed by atoms with Crippen molar-refractivity contribution < 1.29 is 4.79 Å². The molecule has 7 nitrogen and oxygen atoms in total. The van der Waals surface area contributed by atoms with Crippen LogP contribution in [0, 0.1) is 11.8 Å². The number of amides is 1. The molecular formula is C31H34N6OS. The van der Waals surface area contributed by atoms with Gasteiger partial charge in [0.1, 0.15) is 0 Å². The highest BCUT2D eigenvalue weighted by atomic mass is 32.2. The first-order chi connectivity index (χ1) is 19.1. The van der Waals surface area contributed by atoms with E-state index < -0.39 is 0 Å². The van der Waals surface area contributed by atoms with E-state index in [1.807, 2.05) is 54.6 Å². The van der Waals surface area contributed by atoms with E-state index in [9.17, 15) is 4.79 Å². The van der Waals surface area contributed by atoms with Crippen LogP contribution in [0.15, 0.2) is 72.0 Å². The van der Waals surface area contributed by atoms with Crippen molar-refractivity contribution in [1.29, 1.82) is 0 Å². The van der Waals surface area contributed by atoms with Crippen LogP contribution in [0.1, 0.15) is 63.5 Å². The summed E-state index contributed by atoms with van der Waals surface area (Å²) in [4.78, 5) is 13.9. The molecule has 39 heavy (non-hydrogen) atoms. The van der Waals surface area contributed by atoms with E-state index in [2.05, 4.69) is 62.0 Å². The summed E-state index contributed by atoms with van der Waals surface area (Å²) >= 11 is 1.69. The predicted molar refractivity (Wildman–Crippen MR) is 156 cm³/mol. The van der Waals surface area contributed by atoms with Crippen molar-refractivity contribution in [3.05, 3.63) is 101 Å². The van der Waals surface area contributed by atoms with E-state index in [0.717, 1.165) is 59.0 Å². The minimum absolute atomic E-state index is 0.0853. The van der Waals surface area contributed by atoms with Crippen molar-refractivity contribution in [2.24, 2.45) is 7.05 Å². The number of nitrogens with one attached hydrogen (secondary N) is 3. The van der Waals surface area contributed by atoms with E-state index in [1.54, 1.807) is 11.8 Å². The molecule has 0 atom stereocenters. The number of carbonyl (C=O) groups excluding carboxylic acids is 1. The normalized spacial score (nSPS) is 13.6. The fourth-order valence-corrected chi connectivity index (χ4v) is 5.62. The van der Waals surface area contributed by atoms with Crippen LogP contribution in [0.4, 0.5) is 0 Å². The Morgan fingerprint density at radius 2 is 1.97 bits per heavy atom. The minimum Gasteiger partial charge on any atom is -0.352 e. The Balaban J connectivity index is 1.29. The number of hydrogen-bond donors (Lipinski definition) is 3. The van der Waals surface area contributed by atoms with Gasteiger partial charge in [-0.3, -0.25) is 14.6 Å². The molecule has 0 spiro atoms. The molecule has 200 valence electrons. The number of aromatic amines is 1. The maximum absolute atomic E-state index is 12.9. The molecule has 0 radical (unpaired) electrons. The summed E-state index contributed by atoms with van der Waals surface area (Å²) in [6.45, 7) is 2.77. The van der Waals surface area contributed by atoms with E-state index in [-0.39, 0.29) is 5.91 Å². The lowest BCUT2D eigenvalue weighted by atomic mass is 9.90. The third-order valence-corrected chi connectivity index (χ3v) is 8.04. The van der Waals surface area contributed by atoms with Crippen LogP contribution in [0.5, 0.6) is 0 Å². The Labute approximate surface area is 234 Å². The highest BCUT2D eigenvalue weighted by Gasteiger charge is 2.15. The molecule has 3 heterocycles. The largest absolute Gasteiger partial charge is 0.352 e. The van der Waals surface area contributed by atoms with Crippen LogP contribution in [-0.4, -0.2) is 45.5 Å². The molecule has 3 N–H and O–H groups in total. The van der Waals surface area contributed by atoms with E-state index in [4.69, 9.17) is 0 Å². The molecule has 1 amide bonds. The molecule has 1 aliphatic rings. The molecule has 0 bridgehead atoms. The average molecular weight is 539 g/mol. The van der Waals surface area contributed by atoms with Gasteiger partial charge in [0.15, 0.2) is 0 Å². The fraction of sp³-hybridized carbons (Fsp3) is 0.323. The molecule has 0 aliphatic carbocycles. The van der Waals surface area contributed by atoms with E-state index >= 15 is 0 Å². The average Bonchev–Trinajstić information content (AvgIpc) is 3.65. The number of aryl methyl sites for hydroxylation is 2. The van der Waals surface area contributed by atoms with Gasteiger partial charge in [-0.15, -0.1) is 11.8 Å². The second kappa shape index (κ2) is 13.3. The Morgan fingerprint density at radius 1 is 1.13 bits per heavy atom. The Kier molecular flexibility index (Phi) is 9.15. The highest BCUT2D eigenvalue weighted by molar-refractivity contribution is 7.98. The summed E-state index contributed by atoms with van der Waals surface area (Å²) in [5, 5.41) is 17.7. The summed E-state index contributed by atoms with van der Waals surface area (Å²) in [6, 6.07) is 16.5. The first-order valence-electron chi connectivity index (χ1n) is 13.5. The number of thioether (sulfide) groups is 1. The third-order valence-electron chi connectivity index (χ3n) is 6.93. The zero-order valence-corrected chi connectivity index (χ0v) is 23.1. The number of piperidine rings is 1. The summed E-state index contributed by atoms with van der Waals surface area (Å²) in [5.41, 5.74) is 5.98. The van der Waals surface area contributed by atoms with Gasteiger partial charge in [-0.1, -0.05) is 24.0 Å². The molecule has 1 aliphatic heterocycles. The number of H-pyrrole nitrogens is 1. The van der Waals surface area contributed by atoms with E-state index in [0.29, 0.717) is 18.0 Å². The lowest BCUT2D eigenvalue weighted by Crippen LogP contribution is -2.26. The molecule has 4 aromatic rings. The minimum atomic E-state index is -0.0853. The number of rotatable bonds is 9. The second-order valence-corrected chi connectivity index (χ2v) is 10.9. The number of benzene rings is 2. The van der Waals surface area contributed by atoms with Crippen molar-refractivity contribution in [3.8, 4) is 11.8 Å². The van der Waals surface area contributed by atoms with Crippen molar-refractivity contribution in [2.75, 3.05) is 19.6 Å². The van der Waals surface area contributed by atoms with Crippen LogP contribution >= 0.6 is 11.8 Å². The van der Waals surface area contributed by atoms with Crippen molar-refractivity contribution >= 4 is 17.7 Å². The lowest BCUT2D eigenvalue weighted by Gasteiger charge is -2.22. The molecule has 1 fully saturated rings. The molecule has 8 heteroatoms. The van der Waals surface area contributed by atoms with Gasteiger partial charge >= 0.3 is 0 Å². The fourth-order valence-electron chi connectivity index (χ4n) is 4.73. The number of nitrogens with zero attached hydrogens (tertiary/aromatic N) is 3. The van der Waals surface area contributed by atoms with Crippen molar-refractivity contribution in [2.45, 2.75) is 42.2 Å². The number of hydrogen-bond acceptors (Lipinski definition) is 5. The number of aromatic nitrogens is 4. The second-order valence-electron chi connectivity index (χ2n) is 9.84. The maximum atomic E-state index is 12.9. The Hall–Kier alpha value is -3.80. The van der Waals surface area contributed by atoms with Crippen LogP contribution < -0.4 is 10.6 Å². The highest BCUT2D eigenvalue weighted by Crippen LogP contribution is 2.27. The van der Waals surface area contributed by atoms with Crippen LogP contribution in [0.2, 0.25) is 0 Å². The molecule has 5 rings (SSSR count). The molecule has 1 saturated heterocycles. The molecule has 0 unspecified atom stereocenters. The molecular weight excluding hydrogens is 504 g/mol. The Morgan fingerprint density at radius 3 is 2.72 bits per heavy atom. The molecule has 0 saturated carbocycles. The third kappa shape index (κ3) is 7.62. The summed E-state index contributed by atoms with van der Waals surface area (Å²) in [6.07, 6.45) is 9.73. The van der Waals surface area contributed by atoms with Gasteiger partial charge in [-0.25, -0.2) is 0 Å². The van der Waals surface area contributed by atoms with Crippen LogP contribution in [0.25, 0.3) is 0 Å². The molecule has 2 aromatic carbocycles. The van der Waals surface area contributed by atoms with Crippen LogP contribution in [0.3, 0.4) is 0 Å². The lowest BCUT2D eigenvalue weighted by molar-refractivity contribution is 0.0953. The topological polar surface area (TPSA) is 87.6 Å². The van der Waals surface area contributed by atoms with Gasteiger partial charge < -0.3 is 10.6 Å². The quantitative estimate of drug-likeness (QED) is 0.164. The zero-order valence-electron chi connectivity index (χ0n) is 22.2. The summed E-state index contributed by atoms with van der Waals surface area (Å²) in [5.74, 6) is 7.96. The summed E-state index contributed by atoms with van der Waals surface area (Å²) < 4.78 is 1.81. The van der Waals surface area contributed by atoms with Crippen molar-refractivity contribution in [3.63, 3.8) is 0 Å². The van der Waals surface area contributed by atoms with Crippen LogP contribution in [-0.2, 0) is 19.2 Å². The Bertz CT molecular complexity index is 1430. The first-order valence-corrected chi connectivity index (χ1v) is 14.5. The van der Waals surface area contributed by atoms with Gasteiger partial charge in [0, 0.05) is 53.3 Å². The smallest absolute Gasteiger partial charge is 0.251 e. The molecule has 2 aromatic heterocycles. The van der Waals surface area contributed by atoms with Crippen molar-refractivity contribution in [1.82, 2.24) is 30.6 Å². The predicted octanol–water partition coefficient (Wildman–Crippen LogP) is 4.66. The number of carbonyl (C=O) groups is 1. The SMILES string of the molecule is Cn1ccc(CSc2ccc(C(=O)NCCCc3cn[nH]c3)cc2C#Cc2ccc(C3CCNCC3)cc2)n1. The van der Waals surface area contributed by atoms with E-state index in [1.165, 1.54) is 18.4 Å². The van der Waals surface area contributed by atoms with Gasteiger partial charge in [0.25, 0.3) is 5.91 Å². The zero-order chi connectivity index (χ0) is 26.9. The summed E-state index contributed by atoms with van der Waals surface area (Å²) in [7, 11) is 1.92. The van der Waals surface area contributed by atoms with Gasteiger partial charge in [-0.2, -0.15) is 10.2 Å². The monoisotopic (exact) mass is 538 g/mol. The van der Waals surface area contributed by atoms with Gasteiger partial charge in [-0.05, 0) is 92.2 Å². The maximum Gasteiger partial charge on any atom is 0.251 e. The van der Waals surface area contributed by atoms with Gasteiger partial charge in [0.2, 0.25) is 0 Å². The standard InChI is InChI=1S/C31H34N6OS/c1-37-18-14-29(36-37)22-39-30-11-10-28(31(38)33-15-2-3-24-20-34-35-21-24)19-27(30)9-6-23-4-7-25(8-5-23)26-12-16-32-17-13-26/h4-5,7-8,10-11,14,18-21,26,32H,2-3,12-13,15-17,22H2,1H3,(H,33,38)(H,34,35).